The number of pyridine rings is 1. The molecular weight excluding hydrogens is 172 g/mol. The number of carboxylic acids is 1. The van der Waals surface area contributed by atoms with Crippen molar-refractivity contribution in [3.8, 4) is 0 Å². The van der Waals surface area contributed by atoms with E-state index in [4.69, 9.17) is 5.11 Å². The largest absolute Gasteiger partial charge is 0.478 e. The van der Waals surface area contributed by atoms with Crippen LogP contribution in [-0.2, 0) is 6.54 Å². The quantitative estimate of drug-likeness (QED) is 0.635. The third-order valence-electron chi connectivity index (χ3n) is 1.87. The second kappa shape index (κ2) is 2.55. The van der Waals surface area contributed by atoms with Crippen LogP contribution in [0, 0.1) is 0 Å². The maximum absolute atomic E-state index is 11.0. The molecule has 1 aromatic heterocycles. The Balaban J connectivity index is 2.51. The summed E-state index contributed by atoms with van der Waals surface area (Å²) in [5.74, 6) is -1.28. The normalized spacial score (nSPS) is 13.7. The molecule has 0 fully saturated rings. The molecule has 2 N–H and O–H groups in total. The maximum Gasteiger partial charge on any atom is 0.337 e. The Morgan fingerprint density at radius 2 is 2.38 bits per heavy atom. The van der Waals surface area contributed by atoms with Crippen LogP contribution < -0.4 is 5.32 Å². The highest BCUT2D eigenvalue weighted by atomic mass is 16.4. The predicted molar refractivity (Wildman–Crippen MR) is 42.4 cm³/mol. The van der Waals surface area contributed by atoms with Gasteiger partial charge in [-0.3, -0.25) is 4.79 Å². The zero-order valence-electron chi connectivity index (χ0n) is 6.57. The molecular formula is C8H6N2O3. The monoisotopic (exact) mass is 178 g/mol. The van der Waals surface area contributed by atoms with Crippen molar-refractivity contribution in [2.24, 2.45) is 0 Å². The fourth-order valence-corrected chi connectivity index (χ4v) is 1.23. The summed E-state index contributed by atoms with van der Waals surface area (Å²) in [6, 6.07) is 1.46. The summed E-state index contributed by atoms with van der Waals surface area (Å²) in [4.78, 5) is 25.3. The molecule has 66 valence electrons. The zero-order chi connectivity index (χ0) is 9.42. The zero-order valence-corrected chi connectivity index (χ0v) is 6.57. The minimum absolute atomic E-state index is 0.107. The first-order chi connectivity index (χ1) is 6.18. The molecule has 0 saturated carbocycles. The third-order valence-corrected chi connectivity index (χ3v) is 1.87. The molecule has 0 unspecified atom stereocenters. The van der Waals surface area contributed by atoms with Crippen LogP contribution in [0.15, 0.2) is 12.3 Å². The van der Waals surface area contributed by atoms with E-state index in [1.54, 1.807) is 0 Å². The highest BCUT2D eigenvalue weighted by Gasteiger charge is 2.21. The van der Waals surface area contributed by atoms with Gasteiger partial charge in [-0.15, -0.1) is 0 Å². The number of rotatable bonds is 1. The Labute approximate surface area is 73.4 Å². The van der Waals surface area contributed by atoms with Crippen molar-refractivity contribution in [2.45, 2.75) is 6.54 Å². The molecule has 0 aromatic carbocycles. The first-order valence-electron chi connectivity index (χ1n) is 3.69. The van der Waals surface area contributed by atoms with Crippen molar-refractivity contribution in [3.63, 3.8) is 0 Å². The first kappa shape index (κ1) is 7.72. The summed E-state index contributed by atoms with van der Waals surface area (Å²) in [6.45, 7) is 0.363. The van der Waals surface area contributed by atoms with Gasteiger partial charge < -0.3 is 10.4 Å². The van der Waals surface area contributed by atoms with Crippen molar-refractivity contribution in [3.05, 3.63) is 29.1 Å². The molecule has 0 radical (unpaired) electrons. The minimum Gasteiger partial charge on any atom is -0.478 e. The molecule has 0 spiro atoms. The van der Waals surface area contributed by atoms with Crippen molar-refractivity contribution in [1.29, 1.82) is 0 Å². The van der Waals surface area contributed by atoms with Crippen LogP contribution >= 0.6 is 0 Å². The number of carbonyl (C=O) groups excluding carboxylic acids is 1. The lowest BCUT2D eigenvalue weighted by molar-refractivity contribution is 0.0695. The molecule has 0 atom stereocenters. The van der Waals surface area contributed by atoms with Gasteiger partial charge in [-0.25, -0.2) is 9.78 Å². The Morgan fingerprint density at radius 3 is 3.08 bits per heavy atom. The van der Waals surface area contributed by atoms with Crippen LogP contribution in [0.2, 0.25) is 0 Å². The Morgan fingerprint density at radius 1 is 1.62 bits per heavy atom. The van der Waals surface area contributed by atoms with Gasteiger partial charge in [-0.05, 0) is 6.07 Å². The third kappa shape index (κ3) is 1.14. The average Bonchev–Trinajstić information content (AvgIpc) is 2.47. The maximum atomic E-state index is 11.0. The van der Waals surface area contributed by atoms with Gasteiger partial charge in [0.25, 0.3) is 5.91 Å². The standard InChI is InChI=1S/C8H6N2O3/c11-7-6-4(2-10-7)1-5(3-9-6)8(12)13/h1,3H,2H2,(H,10,11)(H,12,13). The van der Waals surface area contributed by atoms with Crippen LogP contribution in [0.1, 0.15) is 26.4 Å². The van der Waals surface area contributed by atoms with Crippen LogP contribution in [0.4, 0.5) is 0 Å². The van der Waals surface area contributed by atoms with E-state index in [2.05, 4.69) is 10.3 Å². The average molecular weight is 178 g/mol. The molecule has 0 saturated heterocycles. The lowest BCUT2D eigenvalue weighted by Gasteiger charge is -1.96. The van der Waals surface area contributed by atoms with E-state index >= 15 is 0 Å². The second-order valence-corrected chi connectivity index (χ2v) is 2.72. The molecule has 1 aromatic rings. The summed E-state index contributed by atoms with van der Waals surface area (Å²) in [5, 5.41) is 11.2. The van der Waals surface area contributed by atoms with Crippen molar-refractivity contribution in [2.75, 3.05) is 0 Å². The van der Waals surface area contributed by atoms with E-state index in [0.29, 0.717) is 17.8 Å². The molecule has 1 amide bonds. The number of nitrogens with zero attached hydrogens (tertiary/aromatic N) is 1. The van der Waals surface area contributed by atoms with E-state index < -0.39 is 5.97 Å². The van der Waals surface area contributed by atoms with E-state index in [9.17, 15) is 9.59 Å². The molecule has 1 aliphatic rings. The molecule has 0 aliphatic carbocycles. The van der Waals surface area contributed by atoms with Crippen molar-refractivity contribution in [1.82, 2.24) is 10.3 Å². The van der Waals surface area contributed by atoms with E-state index in [0.717, 1.165) is 0 Å². The minimum atomic E-state index is -1.03. The van der Waals surface area contributed by atoms with Gasteiger partial charge in [-0.2, -0.15) is 0 Å². The number of amides is 1. The first-order valence-corrected chi connectivity index (χ1v) is 3.69. The number of nitrogens with one attached hydrogen (secondary N) is 1. The van der Waals surface area contributed by atoms with Crippen LogP contribution in [0.3, 0.4) is 0 Å². The van der Waals surface area contributed by atoms with Gasteiger partial charge in [-0.1, -0.05) is 0 Å². The number of carboxylic acid groups (broad SMARTS) is 1. The Bertz CT molecular complexity index is 400. The SMILES string of the molecule is O=C(O)c1cnc2c(c1)CNC2=O. The predicted octanol–water partition coefficient (Wildman–Crippen LogP) is 0.0232. The van der Waals surface area contributed by atoms with Crippen LogP contribution in [-0.4, -0.2) is 22.0 Å². The summed E-state index contributed by atoms with van der Waals surface area (Å²) < 4.78 is 0. The summed E-state index contributed by atoms with van der Waals surface area (Å²) >= 11 is 0. The van der Waals surface area contributed by atoms with E-state index in [1.165, 1.54) is 12.3 Å². The van der Waals surface area contributed by atoms with Gasteiger partial charge in [0.1, 0.15) is 5.69 Å². The molecule has 2 heterocycles. The fourth-order valence-electron chi connectivity index (χ4n) is 1.23. The molecule has 2 rings (SSSR count). The second-order valence-electron chi connectivity index (χ2n) is 2.72. The number of carbonyl (C=O) groups is 2. The highest BCUT2D eigenvalue weighted by molar-refractivity contribution is 5.97. The van der Waals surface area contributed by atoms with Crippen LogP contribution in [0.25, 0.3) is 0 Å². The van der Waals surface area contributed by atoms with Gasteiger partial charge >= 0.3 is 5.97 Å². The summed E-state index contributed by atoms with van der Waals surface area (Å²) in [7, 11) is 0. The summed E-state index contributed by atoms with van der Waals surface area (Å²) in [5.41, 5.74) is 1.07. The molecule has 1 aliphatic heterocycles. The smallest absolute Gasteiger partial charge is 0.337 e. The van der Waals surface area contributed by atoms with Gasteiger partial charge in [0.2, 0.25) is 0 Å². The highest BCUT2D eigenvalue weighted by Crippen LogP contribution is 2.13. The number of aromatic carboxylic acids is 1. The molecule has 5 heteroatoms. The van der Waals surface area contributed by atoms with Gasteiger partial charge in [0.15, 0.2) is 0 Å². The molecule has 5 nitrogen and oxygen atoms in total. The van der Waals surface area contributed by atoms with Crippen molar-refractivity contribution < 1.29 is 14.7 Å². The van der Waals surface area contributed by atoms with E-state index in [1.807, 2.05) is 0 Å². The Hall–Kier alpha value is -1.91. The fraction of sp³-hybridized carbons (Fsp3) is 0.125. The van der Waals surface area contributed by atoms with E-state index in [-0.39, 0.29) is 11.5 Å². The number of fused-ring (bicyclic) bond motifs is 1. The summed E-state index contributed by atoms with van der Waals surface area (Å²) in [6.07, 6.45) is 1.19. The topological polar surface area (TPSA) is 79.3 Å². The molecule has 0 bridgehead atoms. The molecule has 13 heavy (non-hydrogen) atoms. The van der Waals surface area contributed by atoms with Crippen molar-refractivity contribution >= 4 is 11.9 Å². The lowest BCUT2D eigenvalue weighted by Crippen LogP contribution is -2.13. The Kier molecular flexibility index (Phi) is 1.51. The number of hydrogen-bond acceptors (Lipinski definition) is 3. The van der Waals surface area contributed by atoms with Gasteiger partial charge in [0.05, 0.1) is 5.56 Å². The number of hydrogen-bond donors (Lipinski definition) is 2. The van der Waals surface area contributed by atoms with Gasteiger partial charge in [0, 0.05) is 18.3 Å². The lowest BCUT2D eigenvalue weighted by atomic mass is 10.1. The number of aromatic nitrogens is 1. The van der Waals surface area contributed by atoms with Crippen LogP contribution in [0.5, 0.6) is 0 Å².